The highest BCUT2D eigenvalue weighted by Gasteiger charge is 2.32. The number of rotatable bonds is 3. The first kappa shape index (κ1) is 18.5. The fraction of sp³-hybridized carbons (Fsp3) is 0.500. The second kappa shape index (κ2) is 7.26. The number of nitrogens with one attached hydrogen (secondary N) is 1. The van der Waals surface area contributed by atoms with E-state index in [-0.39, 0.29) is 24.4 Å². The minimum atomic E-state index is -0.800. The number of benzene rings is 1. The van der Waals surface area contributed by atoms with Crippen LogP contribution in [0.5, 0.6) is 5.75 Å². The number of para-hydroxylation sites is 2. The van der Waals surface area contributed by atoms with Crippen molar-refractivity contribution in [3.05, 3.63) is 35.9 Å². The first-order valence-corrected chi connectivity index (χ1v) is 9.71. The van der Waals surface area contributed by atoms with Crippen LogP contribution >= 0.6 is 0 Å². The Bertz CT molecular complexity index is 907. The Labute approximate surface area is 163 Å². The second-order valence-corrected chi connectivity index (χ2v) is 7.70. The number of aromatic nitrogens is 3. The number of aryl methyl sites for hydroxylation is 1. The predicted octanol–water partition coefficient (Wildman–Crippen LogP) is 1.97. The molecule has 28 heavy (non-hydrogen) atoms. The first-order chi connectivity index (χ1) is 13.5. The summed E-state index contributed by atoms with van der Waals surface area (Å²) in [6, 6.07) is 6.76. The standard InChI is InChI=1S/C20H25N5O3/c1-12(2)14-8-6-10-17-22-18(23-25(14)17)19(26)21-13-11-28-16-9-5-4-7-15(16)24(3)20(13)27/h4-5,7,9,12-14H,6,8,10-11H2,1-3H3,(H,21,26)/t13-,14-/m0/s1. The monoisotopic (exact) mass is 383 g/mol. The second-order valence-electron chi connectivity index (χ2n) is 7.70. The number of carbonyl (C=O) groups is 2. The maximum Gasteiger partial charge on any atom is 0.291 e. The van der Waals surface area contributed by atoms with Gasteiger partial charge in [0.2, 0.25) is 5.82 Å². The van der Waals surface area contributed by atoms with Gasteiger partial charge >= 0.3 is 0 Å². The largest absolute Gasteiger partial charge is 0.489 e. The molecule has 2 aromatic rings. The lowest BCUT2D eigenvalue weighted by Crippen LogP contribution is -2.49. The highest BCUT2D eigenvalue weighted by molar-refractivity contribution is 6.02. The first-order valence-electron chi connectivity index (χ1n) is 9.71. The van der Waals surface area contributed by atoms with Crippen molar-refractivity contribution in [2.45, 2.75) is 45.2 Å². The number of nitrogens with zero attached hydrogens (tertiary/aromatic N) is 4. The number of fused-ring (bicyclic) bond motifs is 2. The molecule has 1 N–H and O–H groups in total. The summed E-state index contributed by atoms with van der Waals surface area (Å²) in [6.07, 6.45) is 2.89. The zero-order valence-corrected chi connectivity index (χ0v) is 16.4. The Morgan fingerprint density at radius 2 is 2.11 bits per heavy atom. The van der Waals surface area contributed by atoms with Crippen molar-refractivity contribution in [2.75, 3.05) is 18.6 Å². The smallest absolute Gasteiger partial charge is 0.291 e. The van der Waals surface area contributed by atoms with Gasteiger partial charge in [-0.3, -0.25) is 9.59 Å². The van der Waals surface area contributed by atoms with Crippen molar-refractivity contribution in [1.29, 1.82) is 0 Å². The predicted molar refractivity (Wildman–Crippen MR) is 103 cm³/mol. The summed E-state index contributed by atoms with van der Waals surface area (Å²) in [7, 11) is 1.68. The normalized spacial score (nSPS) is 21.6. The van der Waals surface area contributed by atoms with Gasteiger partial charge < -0.3 is 15.0 Å². The quantitative estimate of drug-likeness (QED) is 0.875. The molecule has 2 aliphatic rings. The molecular formula is C20H25N5O3. The topological polar surface area (TPSA) is 89.3 Å². The lowest BCUT2D eigenvalue weighted by atomic mass is 9.95. The third-order valence-electron chi connectivity index (χ3n) is 5.46. The van der Waals surface area contributed by atoms with Crippen LogP contribution in [0.4, 0.5) is 5.69 Å². The van der Waals surface area contributed by atoms with Crippen molar-refractivity contribution in [2.24, 2.45) is 5.92 Å². The van der Waals surface area contributed by atoms with Crippen LogP contribution in [0.2, 0.25) is 0 Å². The van der Waals surface area contributed by atoms with Crippen LogP contribution < -0.4 is 15.0 Å². The SMILES string of the molecule is CC(C)[C@@H]1CCCc2nc(C(=O)N[C@H]3COc4ccccc4N(C)C3=O)nn21. The number of hydrogen-bond donors (Lipinski definition) is 1. The van der Waals surface area contributed by atoms with Gasteiger partial charge in [-0.2, -0.15) is 0 Å². The van der Waals surface area contributed by atoms with E-state index in [1.165, 1.54) is 4.90 Å². The number of hydrogen-bond acceptors (Lipinski definition) is 5. The minimum Gasteiger partial charge on any atom is -0.489 e. The molecule has 2 aliphatic heterocycles. The third kappa shape index (κ3) is 3.23. The Morgan fingerprint density at radius 1 is 1.32 bits per heavy atom. The molecule has 8 nitrogen and oxygen atoms in total. The van der Waals surface area contributed by atoms with Crippen LogP contribution in [0.1, 0.15) is 49.2 Å². The number of amides is 2. The third-order valence-corrected chi connectivity index (χ3v) is 5.46. The van der Waals surface area contributed by atoms with E-state index in [1.807, 2.05) is 22.9 Å². The average Bonchev–Trinajstić information content (AvgIpc) is 3.10. The Morgan fingerprint density at radius 3 is 2.89 bits per heavy atom. The molecule has 0 radical (unpaired) electrons. The van der Waals surface area contributed by atoms with Crippen LogP contribution in [0, 0.1) is 5.92 Å². The van der Waals surface area contributed by atoms with Crippen LogP contribution in [-0.4, -0.2) is 46.3 Å². The molecule has 0 unspecified atom stereocenters. The van der Waals surface area contributed by atoms with Crippen molar-refractivity contribution < 1.29 is 14.3 Å². The zero-order chi connectivity index (χ0) is 19.8. The van der Waals surface area contributed by atoms with Gasteiger partial charge in [-0.15, -0.1) is 5.10 Å². The number of likely N-dealkylation sites (N-methyl/N-ethyl adjacent to an activating group) is 1. The van der Waals surface area contributed by atoms with Gasteiger partial charge in [0, 0.05) is 13.5 Å². The zero-order valence-electron chi connectivity index (χ0n) is 16.4. The van der Waals surface area contributed by atoms with Gasteiger partial charge in [0.1, 0.15) is 24.2 Å². The van der Waals surface area contributed by atoms with Crippen LogP contribution in [0.25, 0.3) is 0 Å². The van der Waals surface area contributed by atoms with Gasteiger partial charge in [0.05, 0.1) is 11.7 Å². The lowest BCUT2D eigenvalue weighted by Gasteiger charge is -2.26. The summed E-state index contributed by atoms with van der Waals surface area (Å²) in [5, 5.41) is 7.20. The van der Waals surface area contributed by atoms with Gasteiger partial charge in [0.25, 0.3) is 11.8 Å². The van der Waals surface area contributed by atoms with Gasteiger partial charge in [-0.25, -0.2) is 9.67 Å². The molecule has 2 atom stereocenters. The summed E-state index contributed by atoms with van der Waals surface area (Å²) < 4.78 is 7.63. The highest BCUT2D eigenvalue weighted by Crippen LogP contribution is 2.30. The van der Waals surface area contributed by atoms with Gasteiger partial charge in [-0.1, -0.05) is 26.0 Å². The molecular weight excluding hydrogens is 358 g/mol. The maximum absolute atomic E-state index is 12.8. The number of carbonyl (C=O) groups excluding carboxylic acids is 2. The highest BCUT2D eigenvalue weighted by atomic mass is 16.5. The molecule has 2 amide bonds. The molecule has 8 heteroatoms. The summed E-state index contributed by atoms with van der Waals surface area (Å²) in [4.78, 5) is 31.5. The fourth-order valence-electron chi connectivity index (χ4n) is 3.87. The van der Waals surface area contributed by atoms with Crippen molar-refractivity contribution >= 4 is 17.5 Å². The van der Waals surface area contributed by atoms with E-state index >= 15 is 0 Å². The van der Waals surface area contributed by atoms with Crippen molar-refractivity contribution in [3.8, 4) is 5.75 Å². The number of ether oxygens (including phenoxy) is 1. The van der Waals surface area contributed by atoms with Gasteiger partial charge in [-0.05, 0) is 30.9 Å². The van der Waals surface area contributed by atoms with E-state index in [0.29, 0.717) is 17.4 Å². The molecule has 0 saturated heterocycles. The molecule has 4 rings (SSSR count). The maximum atomic E-state index is 12.8. The molecule has 0 fully saturated rings. The van der Waals surface area contributed by atoms with E-state index in [1.54, 1.807) is 13.1 Å². The van der Waals surface area contributed by atoms with Crippen LogP contribution in [0.15, 0.2) is 24.3 Å². The Kier molecular flexibility index (Phi) is 4.78. The molecule has 1 aromatic heterocycles. The molecule has 148 valence electrons. The summed E-state index contributed by atoms with van der Waals surface area (Å²) in [5.74, 6) is 1.29. The summed E-state index contributed by atoms with van der Waals surface area (Å²) >= 11 is 0. The summed E-state index contributed by atoms with van der Waals surface area (Å²) in [6.45, 7) is 4.36. The van der Waals surface area contributed by atoms with E-state index in [0.717, 1.165) is 25.1 Å². The summed E-state index contributed by atoms with van der Waals surface area (Å²) in [5.41, 5.74) is 0.680. The molecule has 3 heterocycles. The van der Waals surface area contributed by atoms with E-state index in [2.05, 4.69) is 29.2 Å². The average molecular weight is 383 g/mol. The molecule has 0 saturated carbocycles. The van der Waals surface area contributed by atoms with E-state index < -0.39 is 11.9 Å². The molecule has 0 bridgehead atoms. The Balaban J connectivity index is 1.52. The molecule has 1 aromatic carbocycles. The fourth-order valence-corrected chi connectivity index (χ4v) is 3.87. The van der Waals surface area contributed by atoms with Crippen molar-refractivity contribution in [1.82, 2.24) is 20.1 Å². The van der Waals surface area contributed by atoms with Crippen LogP contribution in [0.3, 0.4) is 0 Å². The lowest BCUT2D eigenvalue weighted by molar-refractivity contribution is -0.120. The van der Waals surface area contributed by atoms with Crippen molar-refractivity contribution in [3.63, 3.8) is 0 Å². The molecule has 0 spiro atoms. The Hall–Kier alpha value is -2.90. The van der Waals surface area contributed by atoms with E-state index in [9.17, 15) is 9.59 Å². The van der Waals surface area contributed by atoms with Gasteiger partial charge in [0.15, 0.2) is 0 Å². The van der Waals surface area contributed by atoms with E-state index in [4.69, 9.17) is 4.74 Å². The number of anilines is 1. The van der Waals surface area contributed by atoms with Crippen LogP contribution in [-0.2, 0) is 11.2 Å². The minimum absolute atomic E-state index is 0.0636. The molecule has 0 aliphatic carbocycles.